The molecule has 19 heavy (non-hydrogen) atoms. The Bertz CT molecular complexity index is 521. The van der Waals surface area contributed by atoms with Gasteiger partial charge in [-0.2, -0.15) is 4.31 Å². The molecule has 1 N–H and O–H groups in total. The van der Waals surface area contributed by atoms with Crippen molar-refractivity contribution in [1.82, 2.24) is 4.31 Å². The van der Waals surface area contributed by atoms with Crippen LogP contribution in [0.5, 0.6) is 0 Å². The third-order valence-corrected chi connectivity index (χ3v) is 4.28. The minimum Gasteiger partial charge on any atom is -0.475 e. The number of aromatic carboxylic acids is 1. The van der Waals surface area contributed by atoms with Gasteiger partial charge in [0.05, 0.1) is 6.61 Å². The predicted octanol–water partition coefficient (Wildman–Crippen LogP) is 1.02. The second-order valence-corrected chi connectivity index (χ2v) is 5.49. The zero-order valence-corrected chi connectivity index (χ0v) is 11.6. The van der Waals surface area contributed by atoms with Gasteiger partial charge < -0.3 is 14.3 Å². The van der Waals surface area contributed by atoms with Crippen LogP contribution < -0.4 is 0 Å². The van der Waals surface area contributed by atoms with Crippen LogP contribution in [0, 0.1) is 0 Å². The van der Waals surface area contributed by atoms with Gasteiger partial charge in [-0.25, -0.2) is 13.2 Å². The van der Waals surface area contributed by atoms with Gasteiger partial charge in [0, 0.05) is 19.7 Å². The molecule has 0 aliphatic rings. The molecule has 1 heterocycles. The van der Waals surface area contributed by atoms with Crippen LogP contribution in [-0.4, -0.2) is 50.1 Å². The van der Waals surface area contributed by atoms with Gasteiger partial charge in [-0.1, -0.05) is 6.92 Å². The van der Waals surface area contributed by atoms with Gasteiger partial charge in [0.1, 0.15) is 0 Å². The van der Waals surface area contributed by atoms with Gasteiger partial charge >= 0.3 is 5.97 Å². The largest absolute Gasteiger partial charge is 0.475 e. The molecule has 0 radical (unpaired) electrons. The molecule has 0 unspecified atom stereocenters. The number of carboxylic acid groups (broad SMARTS) is 1. The fraction of sp³-hybridized carbons (Fsp3) is 0.545. The number of rotatable bonds is 8. The molecular weight excluding hydrogens is 274 g/mol. The summed E-state index contributed by atoms with van der Waals surface area (Å²) in [4.78, 5) is 10.7. The van der Waals surface area contributed by atoms with E-state index in [1.165, 1.54) is 4.31 Å². The van der Waals surface area contributed by atoms with Crippen molar-refractivity contribution < 1.29 is 27.5 Å². The molecule has 8 heteroatoms. The molecule has 0 aliphatic carbocycles. The van der Waals surface area contributed by atoms with E-state index in [0.717, 1.165) is 12.1 Å². The number of carboxylic acids is 1. The molecule has 1 aromatic heterocycles. The van der Waals surface area contributed by atoms with E-state index in [2.05, 4.69) is 0 Å². The van der Waals surface area contributed by atoms with Crippen LogP contribution in [-0.2, 0) is 14.8 Å². The smallest absolute Gasteiger partial charge is 0.371 e. The minimum atomic E-state index is -3.82. The highest BCUT2D eigenvalue weighted by molar-refractivity contribution is 7.89. The van der Waals surface area contributed by atoms with Crippen LogP contribution in [0.1, 0.15) is 24.4 Å². The van der Waals surface area contributed by atoms with Crippen molar-refractivity contribution in [2.45, 2.75) is 18.9 Å². The molecule has 0 amide bonds. The first-order chi connectivity index (χ1) is 8.93. The summed E-state index contributed by atoms with van der Waals surface area (Å²) in [7, 11) is -3.82. The van der Waals surface area contributed by atoms with Gasteiger partial charge in [0.15, 0.2) is 0 Å². The topological polar surface area (TPSA) is 97.0 Å². The summed E-state index contributed by atoms with van der Waals surface area (Å²) in [5.41, 5.74) is 0. The minimum absolute atomic E-state index is 0.190. The maximum absolute atomic E-state index is 12.2. The summed E-state index contributed by atoms with van der Waals surface area (Å²) >= 11 is 0. The Morgan fingerprint density at radius 2 is 2.11 bits per heavy atom. The summed E-state index contributed by atoms with van der Waals surface area (Å²) in [6.07, 6.45) is 0. The molecule has 0 saturated carbocycles. The fourth-order valence-electron chi connectivity index (χ4n) is 1.46. The third kappa shape index (κ3) is 3.79. The van der Waals surface area contributed by atoms with Crippen LogP contribution >= 0.6 is 0 Å². The molecule has 0 aromatic carbocycles. The molecule has 0 saturated heterocycles. The molecule has 0 aliphatic heterocycles. The Morgan fingerprint density at radius 1 is 1.42 bits per heavy atom. The number of likely N-dealkylation sites (N-methyl/N-ethyl adjacent to an activating group) is 1. The van der Waals surface area contributed by atoms with Crippen molar-refractivity contribution in [1.29, 1.82) is 0 Å². The van der Waals surface area contributed by atoms with Gasteiger partial charge in [-0.3, -0.25) is 0 Å². The molecule has 0 bridgehead atoms. The molecule has 0 fully saturated rings. The van der Waals surface area contributed by atoms with Crippen molar-refractivity contribution in [2.24, 2.45) is 0 Å². The van der Waals surface area contributed by atoms with Crippen molar-refractivity contribution >= 4 is 16.0 Å². The number of hydrogen-bond acceptors (Lipinski definition) is 5. The Hall–Kier alpha value is -1.38. The maximum Gasteiger partial charge on any atom is 0.371 e. The number of nitrogens with zero attached hydrogens (tertiary/aromatic N) is 1. The number of carbonyl (C=O) groups is 1. The van der Waals surface area contributed by atoms with Gasteiger partial charge in [0.2, 0.25) is 10.9 Å². The number of sulfonamides is 1. The Balaban J connectivity index is 2.89. The quantitative estimate of drug-likeness (QED) is 0.718. The molecule has 1 rings (SSSR count). The highest BCUT2D eigenvalue weighted by Crippen LogP contribution is 2.18. The molecule has 0 spiro atoms. The number of ether oxygens (including phenoxy) is 1. The summed E-state index contributed by atoms with van der Waals surface area (Å²) < 4.78 is 35.5. The lowest BCUT2D eigenvalue weighted by Gasteiger charge is -2.18. The first-order valence-corrected chi connectivity index (χ1v) is 7.28. The molecule has 0 atom stereocenters. The van der Waals surface area contributed by atoms with E-state index >= 15 is 0 Å². The number of furan rings is 1. The van der Waals surface area contributed by atoms with E-state index in [-0.39, 0.29) is 24.8 Å². The van der Waals surface area contributed by atoms with Crippen molar-refractivity contribution in [3.63, 3.8) is 0 Å². The zero-order valence-electron chi connectivity index (χ0n) is 10.8. The van der Waals surface area contributed by atoms with E-state index in [1.807, 2.05) is 6.92 Å². The van der Waals surface area contributed by atoms with Gasteiger partial charge in [0.25, 0.3) is 10.0 Å². The van der Waals surface area contributed by atoms with E-state index in [9.17, 15) is 13.2 Å². The summed E-state index contributed by atoms with van der Waals surface area (Å²) in [6.45, 7) is 4.72. The van der Waals surface area contributed by atoms with E-state index in [1.54, 1.807) is 6.92 Å². The van der Waals surface area contributed by atoms with Gasteiger partial charge in [-0.05, 0) is 19.1 Å². The van der Waals surface area contributed by atoms with E-state index < -0.39 is 21.8 Å². The second-order valence-electron chi connectivity index (χ2n) is 3.62. The number of hydrogen-bond donors (Lipinski definition) is 1. The Morgan fingerprint density at radius 3 is 2.58 bits per heavy atom. The van der Waals surface area contributed by atoms with Crippen LogP contribution in [0.15, 0.2) is 21.6 Å². The lowest BCUT2D eigenvalue weighted by Crippen LogP contribution is -2.33. The van der Waals surface area contributed by atoms with Crippen LogP contribution in [0.2, 0.25) is 0 Å². The zero-order chi connectivity index (χ0) is 14.5. The molecule has 7 nitrogen and oxygen atoms in total. The average Bonchev–Trinajstić information content (AvgIpc) is 2.84. The van der Waals surface area contributed by atoms with Crippen LogP contribution in [0.4, 0.5) is 0 Å². The van der Waals surface area contributed by atoms with E-state index in [4.69, 9.17) is 14.3 Å². The van der Waals surface area contributed by atoms with Gasteiger partial charge in [-0.15, -0.1) is 0 Å². The van der Waals surface area contributed by atoms with Crippen LogP contribution in [0.25, 0.3) is 0 Å². The van der Waals surface area contributed by atoms with Crippen molar-refractivity contribution in [3.05, 3.63) is 17.9 Å². The summed E-state index contributed by atoms with van der Waals surface area (Å²) in [5.74, 6) is -1.71. The monoisotopic (exact) mass is 291 g/mol. The Kier molecular flexibility index (Phi) is 5.52. The lowest BCUT2D eigenvalue weighted by atomic mass is 10.5. The van der Waals surface area contributed by atoms with Crippen LogP contribution in [0.3, 0.4) is 0 Å². The fourth-order valence-corrected chi connectivity index (χ4v) is 2.80. The standard InChI is InChI=1S/C11H17NO6S/c1-3-12(7-8-17-4-2)19(15,16)10-6-5-9(18-10)11(13)14/h5-6H,3-4,7-8H2,1-2H3,(H,13,14). The third-order valence-electron chi connectivity index (χ3n) is 2.43. The summed E-state index contributed by atoms with van der Waals surface area (Å²) in [5, 5.41) is 8.34. The molecular formula is C11H17NO6S. The van der Waals surface area contributed by atoms with Crippen molar-refractivity contribution in [2.75, 3.05) is 26.3 Å². The highest BCUT2D eigenvalue weighted by Gasteiger charge is 2.27. The molecule has 108 valence electrons. The second kappa shape index (κ2) is 6.69. The first-order valence-electron chi connectivity index (χ1n) is 5.84. The Labute approximate surface area is 111 Å². The van der Waals surface area contributed by atoms with E-state index in [0.29, 0.717) is 6.61 Å². The maximum atomic E-state index is 12.2. The SMILES string of the molecule is CCOCCN(CC)S(=O)(=O)c1ccc(C(=O)O)o1. The normalized spacial score (nSPS) is 11.9. The lowest BCUT2D eigenvalue weighted by molar-refractivity contribution is 0.0656. The highest BCUT2D eigenvalue weighted by atomic mass is 32.2. The summed E-state index contributed by atoms with van der Waals surface area (Å²) in [6, 6.07) is 2.26. The van der Waals surface area contributed by atoms with Crippen molar-refractivity contribution in [3.8, 4) is 0 Å². The molecule has 1 aromatic rings. The first kappa shape index (κ1) is 15.7. The predicted molar refractivity (Wildman–Crippen MR) is 66.6 cm³/mol. The average molecular weight is 291 g/mol.